The molecule has 1 aromatic rings. The fourth-order valence-corrected chi connectivity index (χ4v) is 4.54. The molecular formula is C12H16O5S2. The zero-order chi connectivity index (χ0) is 14.5. The normalized spacial score (nSPS) is 12.3. The average molecular weight is 304 g/mol. The van der Waals surface area contributed by atoms with Crippen LogP contribution in [0.15, 0.2) is 46.0 Å². The Morgan fingerprint density at radius 1 is 1.16 bits per heavy atom. The predicted molar refractivity (Wildman–Crippen MR) is 73.0 cm³/mol. The second-order valence-corrected chi connectivity index (χ2v) is 8.06. The standard InChI is InChI=1S/C12H16O5S2/c1-3-17-9-10-18(13,14)11(2)19(15,16)12-7-5-4-6-8-12/h4-8H,2-3,9-10H2,1H3. The first kappa shape index (κ1) is 15.9. The number of hydrogen-bond acceptors (Lipinski definition) is 5. The number of benzene rings is 1. The maximum atomic E-state index is 12.1. The summed E-state index contributed by atoms with van der Waals surface area (Å²) in [6.45, 7) is 5.26. The van der Waals surface area contributed by atoms with Gasteiger partial charge < -0.3 is 4.74 Å². The number of rotatable bonds is 7. The highest BCUT2D eigenvalue weighted by Crippen LogP contribution is 2.22. The molecule has 106 valence electrons. The van der Waals surface area contributed by atoms with Crippen LogP contribution in [0.4, 0.5) is 0 Å². The summed E-state index contributed by atoms with van der Waals surface area (Å²) in [7, 11) is -8.02. The van der Waals surface area contributed by atoms with Gasteiger partial charge in [0, 0.05) is 6.61 Å². The Balaban J connectivity index is 3.00. The molecule has 0 saturated carbocycles. The fraction of sp³-hybridized carbons (Fsp3) is 0.333. The van der Waals surface area contributed by atoms with E-state index in [0.717, 1.165) is 0 Å². The van der Waals surface area contributed by atoms with Gasteiger partial charge >= 0.3 is 0 Å². The van der Waals surface area contributed by atoms with Crippen LogP contribution in [0, 0.1) is 0 Å². The van der Waals surface area contributed by atoms with Crippen LogP contribution in [0.25, 0.3) is 0 Å². The van der Waals surface area contributed by atoms with Gasteiger partial charge in [-0.05, 0) is 19.1 Å². The zero-order valence-corrected chi connectivity index (χ0v) is 12.2. The molecule has 0 fully saturated rings. The van der Waals surface area contributed by atoms with Crippen LogP contribution < -0.4 is 0 Å². The van der Waals surface area contributed by atoms with E-state index in [1.807, 2.05) is 0 Å². The van der Waals surface area contributed by atoms with Gasteiger partial charge in [-0.25, -0.2) is 16.8 Å². The second-order valence-electron chi connectivity index (χ2n) is 3.70. The van der Waals surface area contributed by atoms with Gasteiger partial charge in [0.1, 0.15) is 0 Å². The monoisotopic (exact) mass is 304 g/mol. The molecule has 0 aliphatic rings. The highest BCUT2D eigenvalue weighted by atomic mass is 32.3. The second kappa shape index (κ2) is 6.31. The highest BCUT2D eigenvalue weighted by Gasteiger charge is 2.29. The van der Waals surface area contributed by atoms with Crippen molar-refractivity contribution >= 4 is 19.7 Å². The topological polar surface area (TPSA) is 77.5 Å². The lowest BCUT2D eigenvalue weighted by atomic mass is 10.4. The molecule has 7 heteroatoms. The first-order chi connectivity index (χ1) is 8.82. The molecule has 0 N–H and O–H groups in total. The molecule has 1 aromatic carbocycles. The van der Waals surface area contributed by atoms with Gasteiger partial charge in [0.25, 0.3) is 0 Å². The Kier molecular flexibility index (Phi) is 5.28. The van der Waals surface area contributed by atoms with Gasteiger partial charge in [0.2, 0.25) is 9.84 Å². The largest absolute Gasteiger partial charge is 0.381 e. The van der Waals surface area contributed by atoms with Gasteiger partial charge in [0.15, 0.2) is 14.1 Å². The molecular weight excluding hydrogens is 288 g/mol. The molecule has 0 aliphatic carbocycles. The van der Waals surface area contributed by atoms with E-state index in [4.69, 9.17) is 4.74 Å². The summed E-state index contributed by atoms with van der Waals surface area (Å²) >= 11 is 0. The molecule has 0 spiro atoms. The van der Waals surface area contributed by atoms with E-state index in [2.05, 4.69) is 6.58 Å². The van der Waals surface area contributed by atoms with Gasteiger partial charge in [-0.3, -0.25) is 0 Å². The van der Waals surface area contributed by atoms with Crippen molar-refractivity contribution in [1.82, 2.24) is 0 Å². The molecule has 5 nitrogen and oxygen atoms in total. The molecule has 0 atom stereocenters. The lowest BCUT2D eigenvalue weighted by Gasteiger charge is -2.09. The van der Waals surface area contributed by atoms with Gasteiger partial charge in [-0.1, -0.05) is 24.8 Å². The van der Waals surface area contributed by atoms with Crippen molar-refractivity contribution in [3.63, 3.8) is 0 Å². The Labute approximate surface area is 113 Å². The Hall–Kier alpha value is -1.18. The van der Waals surface area contributed by atoms with Crippen molar-refractivity contribution in [2.45, 2.75) is 11.8 Å². The minimum absolute atomic E-state index is 0.0534. The van der Waals surface area contributed by atoms with Crippen LogP contribution in [-0.4, -0.2) is 35.8 Å². The summed E-state index contributed by atoms with van der Waals surface area (Å²) in [5.74, 6) is -0.397. The smallest absolute Gasteiger partial charge is 0.216 e. The van der Waals surface area contributed by atoms with Crippen molar-refractivity contribution in [2.24, 2.45) is 0 Å². The van der Waals surface area contributed by atoms with Crippen molar-refractivity contribution in [3.05, 3.63) is 41.1 Å². The quantitative estimate of drug-likeness (QED) is 0.711. The Bertz CT molecular complexity index is 630. The zero-order valence-electron chi connectivity index (χ0n) is 10.6. The summed E-state index contributed by atoms with van der Waals surface area (Å²) in [5.41, 5.74) is 0. The van der Waals surface area contributed by atoms with Gasteiger partial charge in [-0.15, -0.1) is 0 Å². The van der Waals surface area contributed by atoms with Crippen LogP contribution in [0.5, 0.6) is 0 Å². The van der Waals surface area contributed by atoms with Crippen molar-refractivity contribution in [3.8, 4) is 0 Å². The molecule has 0 aliphatic heterocycles. The summed E-state index contributed by atoms with van der Waals surface area (Å²) in [6.07, 6.45) is 0. The SMILES string of the molecule is C=C(S(=O)(=O)CCOCC)S(=O)(=O)c1ccccc1. The molecule has 0 unspecified atom stereocenters. The summed E-state index contributed by atoms with van der Waals surface area (Å²) in [4.78, 5) is -0.0833. The van der Waals surface area contributed by atoms with E-state index in [1.54, 1.807) is 13.0 Å². The molecule has 1 rings (SSSR count). The maximum absolute atomic E-state index is 12.1. The van der Waals surface area contributed by atoms with Crippen LogP contribution in [0.2, 0.25) is 0 Å². The third kappa shape index (κ3) is 3.89. The lowest BCUT2D eigenvalue weighted by Crippen LogP contribution is -2.19. The summed E-state index contributed by atoms with van der Waals surface area (Å²) in [5, 5.41) is 0. The maximum Gasteiger partial charge on any atom is 0.216 e. The van der Waals surface area contributed by atoms with Crippen LogP contribution in [-0.2, 0) is 24.4 Å². The van der Waals surface area contributed by atoms with Crippen molar-refractivity contribution in [2.75, 3.05) is 19.0 Å². The van der Waals surface area contributed by atoms with Gasteiger partial charge in [-0.2, -0.15) is 0 Å². The Morgan fingerprint density at radius 3 is 2.26 bits per heavy atom. The third-order valence-corrected chi connectivity index (χ3v) is 6.71. The van der Waals surface area contributed by atoms with Crippen LogP contribution in [0.1, 0.15) is 6.92 Å². The minimum Gasteiger partial charge on any atom is -0.381 e. The average Bonchev–Trinajstić information content (AvgIpc) is 2.39. The number of sulfone groups is 2. The van der Waals surface area contributed by atoms with E-state index in [0.29, 0.717) is 6.61 Å². The van der Waals surface area contributed by atoms with E-state index < -0.39 is 29.7 Å². The molecule has 0 radical (unpaired) electrons. The molecule has 0 amide bonds. The summed E-state index contributed by atoms with van der Waals surface area (Å²) < 4.78 is 52.1. The minimum atomic E-state index is -4.07. The highest BCUT2D eigenvalue weighted by molar-refractivity contribution is 8.14. The third-order valence-electron chi connectivity index (χ3n) is 2.40. The molecule has 19 heavy (non-hydrogen) atoms. The molecule has 0 saturated heterocycles. The van der Waals surface area contributed by atoms with E-state index in [9.17, 15) is 16.8 Å². The number of hydrogen-bond donors (Lipinski definition) is 0. The summed E-state index contributed by atoms with van der Waals surface area (Å²) in [6, 6.07) is 7.35. The first-order valence-electron chi connectivity index (χ1n) is 5.62. The molecule has 0 heterocycles. The first-order valence-corrected chi connectivity index (χ1v) is 8.75. The predicted octanol–water partition coefficient (Wildman–Crippen LogP) is 1.38. The van der Waals surface area contributed by atoms with Crippen LogP contribution >= 0.6 is 0 Å². The van der Waals surface area contributed by atoms with E-state index in [1.165, 1.54) is 24.3 Å². The van der Waals surface area contributed by atoms with E-state index in [-0.39, 0.29) is 11.5 Å². The molecule has 0 aromatic heterocycles. The fourth-order valence-electron chi connectivity index (χ4n) is 1.33. The van der Waals surface area contributed by atoms with Crippen molar-refractivity contribution < 1.29 is 21.6 Å². The van der Waals surface area contributed by atoms with Gasteiger partial charge in [0.05, 0.1) is 17.3 Å². The lowest BCUT2D eigenvalue weighted by molar-refractivity contribution is 0.163. The molecule has 0 bridgehead atoms. The van der Waals surface area contributed by atoms with Crippen LogP contribution in [0.3, 0.4) is 0 Å². The van der Waals surface area contributed by atoms with E-state index >= 15 is 0 Å². The number of ether oxygens (including phenoxy) is 1. The Morgan fingerprint density at radius 2 is 1.74 bits per heavy atom. The van der Waals surface area contributed by atoms with Crippen molar-refractivity contribution in [1.29, 1.82) is 0 Å².